The summed E-state index contributed by atoms with van der Waals surface area (Å²) in [5.74, 6) is 1.55. The number of rotatable bonds is 5. The monoisotopic (exact) mass is 314 g/mol. The van der Waals surface area contributed by atoms with Gasteiger partial charge >= 0.3 is 0 Å². The second-order valence-corrected chi connectivity index (χ2v) is 7.59. The first-order valence-electron chi connectivity index (χ1n) is 9.49. The molecule has 2 heterocycles. The molecule has 1 aromatic carbocycles. The highest BCUT2D eigenvalue weighted by atomic mass is 16.5. The van der Waals surface area contributed by atoms with Crippen molar-refractivity contribution in [1.29, 1.82) is 0 Å². The fraction of sp³-hybridized carbons (Fsp3) is 0.700. The summed E-state index contributed by atoms with van der Waals surface area (Å²) in [4.78, 5) is 2.60. The molecule has 0 radical (unpaired) electrons. The number of nitrogens with zero attached hydrogens (tertiary/aromatic N) is 1. The Balaban J connectivity index is 1.25. The third-order valence-electron chi connectivity index (χ3n) is 6.26. The number of hydrogen-bond donors (Lipinski definition) is 1. The average molecular weight is 314 g/mol. The van der Waals surface area contributed by atoms with Gasteiger partial charge in [0.15, 0.2) is 0 Å². The van der Waals surface area contributed by atoms with Crippen molar-refractivity contribution in [1.82, 2.24) is 10.2 Å². The van der Waals surface area contributed by atoms with Crippen molar-refractivity contribution in [3.63, 3.8) is 0 Å². The second-order valence-electron chi connectivity index (χ2n) is 7.59. The van der Waals surface area contributed by atoms with Crippen LogP contribution in [0.1, 0.15) is 38.2 Å². The second kappa shape index (κ2) is 6.92. The van der Waals surface area contributed by atoms with E-state index in [-0.39, 0.29) is 0 Å². The van der Waals surface area contributed by atoms with Crippen molar-refractivity contribution in [2.75, 3.05) is 19.7 Å². The van der Waals surface area contributed by atoms with E-state index in [1.807, 2.05) is 0 Å². The molecular formula is C20H30N2O. The Labute approximate surface area is 140 Å². The third-order valence-corrected chi connectivity index (χ3v) is 6.26. The summed E-state index contributed by atoms with van der Waals surface area (Å²) in [6.45, 7) is 6.85. The molecule has 126 valence electrons. The van der Waals surface area contributed by atoms with Gasteiger partial charge < -0.3 is 10.1 Å². The highest BCUT2D eigenvalue weighted by molar-refractivity contribution is 5.14. The first-order valence-corrected chi connectivity index (χ1v) is 9.49. The van der Waals surface area contributed by atoms with Gasteiger partial charge in [-0.15, -0.1) is 0 Å². The summed E-state index contributed by atoms with van der Waals surface area (Å²) in [6.07, 6.45) is 5.67. The van der Waals surface area contributed by atoms with Crippen molar-refractivity contribution in [3.05, 3.63) is 35.9 Å². The molecule has 1 saturated carbocycles. The molecule has 4 rings (SSSR count). The van der Waals surface area contributed by atoms with E-state index in [2.05, 4.69) is 47.5 Å². The van der Waals surface area contributed by atoms with Gasteiger partial charge in [-0.1, -0.05) is 37.3 Å². The van der Waals surface area contributed by atoms with Crippen LogP contribution in [0.2, 0.25) is 0 Å². The molecule has 0 spiro atoms. The molecule has 3 aliphatic rings. The molecule has 3 heteroatoms. The summed E-state index contributed by atoms with van der Waals surface area (Å²) in [6, 6.07) is 12.3. The van der Waals surface area contributed by atoms with Crippen molar-refractivity contribution in [2.45, 2.75) is 57.3 Å². The van der Waals surface area contributed by atoms with E-state index in [1.54, 1.807) is 0 Å². The van der Waals surface area contributed by atoms with Crippen LogP contribution in [0.4, 0.5) is 0 Å². The van der Waals surface area contributed by atoms with Crippen molar-refractivity contribution in [3.8, 4) is 0 Å². The molecule has 0 unspecified atom stereocenters. The molecular weight excluding hydrogens is 284 g/mol. The molecule has 1 aliphatic carbocycles. The zero-order chi connectivity index (χ0) is 15.6. The number of benzene rings is 1. The van der Waals surface area contributed by atoms with E-state index in [0.717, 1.165) is 31.0 Å². The number of piperidine rings is 1. The lowest BCUT2D eigenvalue weighted by molar-refractivity contribution is -0.0628. The van der Waals surface area contributed by atoms with E-state index >= 15 is 0 Å². The van der Waals surface area contributed by atoms with Crippen LogP contribution in [0.5, 0.6) is 0 Å². The number of fused-ring (bicyclic) bond motifs is 1. The predicted octanol–water partition coefficient (Wildman–Crippen LogP) is 3.05. The topological polar surface area (TPSA) is 24.5 Å². The maximum atomic E-state index is 5.91. The molecule has 0 aromatic heterocycles. The Morgan fingerprint density at radius 1 is 1.13 bits per heavy atom. The summed E-state index contributed by atoms with van der Waals surface area (Å²) in [5.41, 5.74) is 1.44. The smallest absolute Gasteiger partial charge is 0.0662 e. The zero-order valence-corrected chi connectivity index (χ0v) is 14.3. The van der Waals surface area contributed by atoms with E-state index in [9.17, 15) is 0 Å². The van der Waals surface area contributed by atoms with Gasteiger partial charge in [0.05, 0.1) is 6.10 Å². The van der Waals surface area contributed by atoms with Crippen LogP contribution >= 0.6 is 0 Å². The maximum absolute atomic E-state index is 5.91. The Kier molecular flexibility index (Phi) is 4.70. The van der Waals surface area contributed by atoms with Crippen LogP contribution in [-0.4, -0.2) is 42.8 Å². The van der Waals surface area contributed by atoms with Gasteiger partial charge in [-0.2, -0.15) is 0 Å². The quantitative estimate of drug-likeness (QED) is 0.904. The molecule has 1 N–H and O–H groups in total. The van der Waals surface area contributed by atoms with Gasteiger partial charge in [0.2, 0.25) is 0 Å². The number of ether oxygens (including phenoxy) is 1. The van der Waals surface area contributed by atoms with Crippen LogP contribution < -0.4 is 5.32 Å². The summed E-state index contributed by atoms with van der Waals surface area (Å²) < 4.78 is 5.91. The van der Waals surface area contributed by atoms with Gasteiger partial charge in [-0.3, -0.25) is 4.90 Å². The van der Waals surface area contributed by atoms with E-state index in [1.165, 1.54) is 44.3 Å². The SMILES string of the molecule is CC[C@H]1[C@H](NC2CCN(Cc3ccccc3)CC2)[C@H]2CCO[C@H]21. The Morgan fingerprint density at radius 3 is 2.65 bits per heavy atom. The zero-order valence-electron chi connectivity index (χ0n) is 14.3. The van der Waals surface area contributed by atoms with Gasteiger partial charge in [0.25, 0.3) is 0 Å². The lowest BCUT2D eigenvalue weighted by atomic mass is 9.65. The first kappa shape index (κ1) is 15.6. The van der Waals surface area contributed by atoms with Gasteiger partial charge in [0.1, 0.15) is 0 Å². The maximum Gasteiger partial charge on any atom is 0.0662 e. The van der Waals surface area contributed by atoms with E-state index in [0.29, 0.717) is 12.1 Å². The molecule has 3 nitrogen and oxygen atoms in total. The minimum absolute atomic E-state index is 0.565. The van der Waals surface area contributed by atoms with Crippen molar-refractivity contribution < 1.29 is 4.74 Å². The minimum atomic E-state index is 0.565. The minimum Gasteiger partial charge on any atom is -0.378 e. The van der Waals surface area contributed by atoms with Crippen LogP contribution in [0.3, 0.4) is 0 Å². The Morgan fingerprint density at radius 2 is 1.91 bits per heavy atom. The number of nitrogens with one attached hydrogen (secondary N) is 1. The van der Waals surface area contributed by atoms with Crippen molar-refractivity contribution >= 4 is 0 Å². The van der Waals surface area contributed by atoms with Crippen LogP contribution in [0, 0.1) is 11.8 Å². The van der Waals surface area contributed by atoms with Crippen LogP contribution in [-0.2, 0) is 11.3 Å². The van der Waals surface area contributed by atoms with Crippen LogP contribution in [0.15, 0.2) is 30.3 Å². The summed E-state index contributed by atoms with van der Waals surface area (Å²) >= 11 is 0. The fourth-order valence-corrected chi connectivity index (χ4v) is 4.93. The highest BCUT2D eigenvalue weighted by Crippen LogP contribution is 2.45. The first-order chi connectivity index (χ1) is 11.3. The fourth-order valence-electron chi connectivity index (χ4n) is 4.93. The van der Waals surface area contributed by atoms with Crippen LogP contribution in [0.25, 0.3) is 0 Å². The third kappa shape index (κ3) is 3.19. The molecule has 2 saturated heterocycles. The number of hydrogen-bond acceptors (Lipinski definition) is 3. The molecule has 3 fully saturated rings. The lowest BCUT2D eigenvalue weighted by Gasteiger charge is -2.50. The predicted molar refractivity (Wildman–Crippen MR) is 93.3 cm³/mol. The van der Waals surface area contributed by atoms with E-state index in [4.69, 9.17) is 4.74 Å². The lowest BCUT2D eigenvalue weighted by Crippen LogP contribution is -2.62. The Hall–Kier alpha value is -0.900. The largest absolute Gasteiger partial charge is 0.378 e. The van der Waals surface area contributed by atoms with Gasteiger partial charge in [-0.05, 0) is 44.3 Å². The molecule has 4 atom stereocenters. The standard InChI is InChI=1S/C20H30N2O/c1-2-17-19(18-10-13-23-20(17)18)21-16-8-11-22(12-9-16)14-15-6-4-3-5-7-15/h3-7,16-21H,2,8-14H2,1H3/t17-,18+,19-,20-/m0/s1. The molecule has 2 aliphatic heterocycles. The highest BCUT2D eigenvalue weighted by Gasteiger charge is 2.53. The average Bonchev–Trinajstić information content (AvgIpc) is 3.00. The molecule has 23 heavy (non-hydrogen) atoms. The van der Waals surface area contributed by atoms with E-state index < -0.39 is 0 Å². The summed E-state index contributed by atoms with van der Waals surface area (Å²) in [7, 11) is 0. The van der Waals surface area contributed by atoms with Crippen molar-refractivity contribution in [2.24, 2.45) is 11.8 Å². The number of likely N-dealkylation sites (tertiary alicyclic amines) is 1. The molecule has 0 amide bonds. The summed E-state index contributed by atoms with van der Waals surface area (Å²) in [5, 5.41) is 4.01. The normalized spacial score (nSPS) is 35.0. The van der Waals surface area contributed by atoms with Gasteiger partial charge in [0, 0.05) is 37.1 Å². The molecule has 1 aromatic rings. The molecule has 0 bridgehead atoms. The Bertz CT molecular complexity index is 498. The van der Waals surface area contributed by atoms with Gasteiger partial charge in [-0.25, -0.2) is 0 Å².